The molecule has 1 aliphatic heterocycles. The van der Waals surface area contributed by atoms with Crippen molar-refractivity contribution in [2.45, 2.75) is 33.0 Å². The van der Waals surface area contributed by atoms with Crippen LogP contribution in [-0.4, -0.2) is 61.3 Å². The SMILES string of the molecule is CCOc1cncc(-c2ccc(CN3CCN(c4ccc(C(=O)NCC(F)(F)F)cc4)CC3)c(CC)c2)c1. The molecule has 1 fully saturated rings. The minimum atomic E-state index is -4.43. The summed E-state index contributed by atoms with van der Waals surface area (Å²) in [5.74, 6) is 0.0408. The molecule has 2 aromatic carbocycles. The molecule has 1 aromatic heterocycles. The van der Waals surface area contributed by atoms with Gasteiger partial charge in [-0.15, -0.1) is 0 Å². The number of pyridine rings is 1. The minimum Gasteiger partial charge on any atom is -0.492 e. The van der Waals surface area contributed by atoms with Crippen molar-refractivity contribution >= 4 is 11.6 Å². The Bertz CT molecular complexity index is 1220. The molecule has 2 heterocycles. The van der Waals surface area contributed by atoms with E-state index in [2.05, 4.69) is 39.9 Å². The molecule has 1 amide bonds. The van der Waals surface area contributed by atoms with Crippen molar-refractivity contribution in [2.24, 2.45) is 0 Å². The number of anilines is 1. The summed E-state index contributed by atoms with van der Waals surface area (Å²) >= 11 is 0. The number of aryl methyl sites for hydroxylation is 1. The molecule has 6 nitrogen and oxygen atoms in total. The summed E-state index contributed by atoms with van der Waals surface area (Å²) in [6.07, 6.45) is 0.0934. The highest BCUT2D eigenvalue weighted by molar-refractivity contribution is 5.94. The Morgan fingerprint density at radius 1 is 0.947 bits per heavy atom. The Morgan fingerprint density at radius 3 is 2.34 bits per heavy atom. The van der Waals surface area contributed by atoms with Crippen molar-refractivity contribution in [3.8, 4) is 16.9 Å². The molecule has 202 valence electrons. The fourth-order valence-electron chi connectivity index (χ4n) is 4.62. The number of hydrogen-bond donors (Lipinski definition) is 1. The second kappa shape index (κ2) is 12.3. The van der Waals surface area contributed by atoms with Crippen LogP contribution in [0.5, 0.6) is 5.75 Å². The molecule has 0 bridgehead atoms. The first-order valence-electron chi connectivity index (χ1n) is 12.9. The van der Waals surface area contributed by atoms with E-state index in [-0.39, 0.29) is 5.56 Å². The summed E-state index contributed by atoms with van der Waals surface area (Å²) < 4.78 is 42.6. The van der Waals surface area contributed by atoms with Gasteiger partial charge in [0, 0.05) is 55.7 Å². The number of piperazine rings is 1. The van der Waals surface area contributed by atoms with Gasteiger partial charge in [0.15, 0.2) is 0 Å². The molecular weight excluding hydrogens is 493 g/mol. The third kappa shape index (κ3) is 7.25. The summed E-state index contributed by atoms with van der Waals surface area (Å²) in [6.45, 7) is 7.69. The lowest BCUT2D eigenvalue weighted by atomic mass is 9.98. The lowest BCUT2D eigenvalue weighted by molar-refractivity contribution is -0.123. The van der Waals surface area contributed by atoms with Crippen LogP contribution in [-0.2, 0) is 13.0 Å². The molecular formula is C29H33F3N4O2. The van der Waals surface area contributed by atoms with Crippen LogP contribution in [0.4, 0.5) is 18.9 Å². The number of carbonyl (C=O) groups excluding carboxylic acids is 1. The number of nitrogens with zero attached hydrogens (tertiary/aromatic N) is 3. The number of amides is 1. The molecule has 0 saturated carbocycles. The van der Waals surface area contributed by atoms with Crippen LogP contribution >= 0.6 is 0 Å². The Hall–Kier alpha value is -3.59. The average molecular weight is 527 g/mol. The van der Waals surface area contributed by atoms with Crippen LogP contribution in [0.2, 0.25) is 0 Å². The van der Waals surface area contributed by atoms with E-state index in [9.17, 15) is 18.0 Å². The molecule has 0 spiro atoms. The third-order valence-electron chi connectivity index (χ3n) is 6.65. The normalized spacial score (nSPS) is 14.4. The lowest BCUT2D eigenvalue weighted by Crippen LogP contribution is -2.46. The van der Waals surface area contributed by atoms with E-state index in [1.807, 2.05) is 24.5 Å². The first kappa shape index (κ1) is 27.4. The minimum absolute atomic E-state index is 0.215. The fraction of sp³-hybridized carbons (Fsp3) is 0.379. The van der Waals surface area contributed by atoms with E-state index in [4.69, 9.17) is 4.74 Å². The Kier molecular flexibility index (Phi) is 8.89. The molecule has 1 aliphatic rings. The predicted octanol–water partition coefficient (Wildman–Crippen LogP) is 5.32. The van der Waals surface area contributed by atoms with Crippen LogP contribution in [0.15, 0.2) is 60.9 Å². The van der Waals surface area contributed by atoms with Crippen LogP contribution in [0.3, 0.4) is 0 Å². The maximum absolute atomic E-state index is 12.3. The molecule has 0 radical (unpaired) electrons. The summed E-state index contributed by atoms with van der Waals surface area (Å²) in [4.78, 5) is 20.9. The zero-order chi connectivity index (χ0) is 27.1. The van der Waals surface area contributed by atoms with Gasteiger partial charge >= 0.3 is 6.18 Å². The molecule has 38 heavy (non-hydrogen) atoms. The van der Waals surface area contributed by atoms with Gasteiger partial charge in [-0.1, -0.05) is 25.1 Å². The average Bonchev–Trinajstić information content (AvgIpc) is 2.92. The molecule has 4 rings (SSSR count). The number of ether oxygens (including phenoxy) is 1. The van der Waals surface area contributed by atoms with Gasteiger partial charge in [0.2, 0.25) is 0 Å². The number of benzene rings is 2. The third-order valence-corrected chi connectivity index (χ3v) is 6.65. The fourth-order valence-corrected chi connectivity index (χ4v) is 4.62. The van der Waals surface area contributed by atoms with Gasteiger partial charge in [-0.2, -0.15) is 13.2 Å². The number of alkyl halides is 3. The lowest BCUT2D eigenvalue weighted by Gasteiger charge is -2.36. The summed E-state index contributed by atoms with van der Waals surface area (Å²) in [7, 11) is 0. The maximum atomic E-state index is 12.3. The van der Waals surface area contributed by atoms with E-state index in [0.29, 0.717) is 6.61 Å². The molecule has 3 aromatic rings. The molecule has 1 saturated heterocycles. The standard InChI is InChI=1S/C29H33F3N4O2/c1-3-21-15-23(25-16-27(38-4-2)18-33-17-25)5-6-24(21)19-35-11-13-36(14-12-35)26-9-7-22(8-10-26)28(37)34-20-29(30,31)32/h5-10,15-18H,3-4,11-14,19-20H2,1-2H3,(H,34,37). The van der Waals surface area contributed by atoms with E-state index >= 15 is 0 Å². The van der Waals surface area contributed by atoms with Gasteiger partial charge < -0.3 is 15.0 Å². The van der Waals surface area contributed by atoms with Crippen LogP contribution in [0.25, 0.3) is 11.1 Å². The summed E-state index contributed by atoms with van der Waals surface area (Å²) in [6, 6.07) is 15.3. The second-order valence-corrected chi connectivity index (χ2v) is 9.29. The first-order chi connectivity index (χ1) is 18.3. The Labute approximate surface area is 221 Å². The number of carbonyl (C=O) groups is 1. The van der Waals surface area contributed by atoms with Crippen molar-refractivity contribution < 1.29 is 22.7 Å². The number of hydrogen-bond acceptors (Lipinski definition) is 5. The number of halogens is 3. The highest BCUT2D eigenvalue weighted by Gasteiger charge is 2.28. The molecule has 0 atom stereocenters. The van der Waals surface area contributed by atoms with E-state index in [1.54, 1.807) is 30.5 Å². The Balaban J connectivity index is 1.33. The number of nitrogens with one attached hydrogen (secondary N) is 1. The maximum Gasteiger partial charge on any atom is 0.405 e. The largest absolute Gasteiger partial charge is 0.492 e. The van der Waals surface area contributed by atoms with Crippen molar-refractivity contribution in [1.82, 2.24) is 15.2 Å². The van der Waals surface area contributed by atoms with Crippen molar-refractivity contribution in [1.29, 1.82) is 0 Å². The van der Waals surface area contributed by atoms with Crippen molar-refractivity contribution in [2.75, 3.05) is 44.2 Å². The van der Waals surface area contributed by atoms with Crippen LogP contribution in [0.1, 0.15) is 35.3 Å². The van der Waals surface area contributed by atoms with Gasteiger partial charge in [-0.3, -0.25) is 14.7 Å². The highest BCUT2D eigenvalue weighted by atomic mass is 19.4. The molecule has 0 aliphatic carbocycles. The van der Waals surface area contributed by atoms with Gasteiger partial charge in [0.1, 0.15) is 12.3 Å². The second-order valence-electron chi connectivity index (χ2n) is 9.29. The van der Waals surface area contributed by atoms with E-state index < -0.39 is 18.6 Å². The van der Waals surface area contributed by atoms with Crippen molar-refractivity contribution in [3.63, 3.8) is 0 Å². The smallest absolute Gasteiger partial charge is 0.405 e. The molecule has 1 N–H and O–H groups in total. The number of rotatable bonds is 9. The number of aromatic nitrogens is 1. The highest BCUT2D eigenvalue weighted by Crippen LogP contribution is 2.27. The zero-order valence-electron chi connectivity index (χ0n) is 21.7. The van der Waals surface area contributed by atoms with Gasteiger partial charge in [0.25, 0.3) is 5.91 Å². The topological polar surface area (TPSA) is 57.7 Å². The van der Waals surface area contributed by atoms with Crippen LogP contribution in [0, 0.1) is 0 Å². The van der Waals surface area contributed by atoms with Crippen LogP contribution < -0.4 is 15.0 Å². The van der Waals surface area contributed by atoms with Gasteiger partial charge in [-0.05, 0) is 60.4 Å². The summed E-state index contributed by atoms with van der Waals surface area (Å²) in [5, 5.41) is 1.90. The van der Waals surface area contributed by atoms with Gasteiger partial charge in [0.05, 0.1) is 12.8 Å². The van der Waals surface area contributed by atoms with E-state index in [0.717, 1.165) is 61.7 Å². The van der Waals surface area contributed by atoms with Crippen molar-refractivity contribution in [3.05, 3.63) is 77.6 Å². The Morgan fingerprint density at radius 2 is 1.68 bits per heavy atom. The molecule has 0 unspecified atom stereocenters. The monoisotopic (exact) mass is 526 g/mol. The van der Waals surface area contributed by atoms with E-state index in [1.165, 1.54) is 11.1 Å². The first-order valence-corrected chi connectivity index (χ1v) is 12.9. The zero-order valence-corrected chi connectivity index (χ0v) is 21.7. The van der Waals surface area contributed by atoms with Gasteiger partial charge in [-0.25, -0.2) is 0 Å². The predicted molar refractivity (Wildman–Crippen MR) is 143 cm³/mol. The molecule has 9 heteroatoms. The quantitative estimate of drug-likeness (QED) is 0.409. The summed E-state index contributed by atoms with van der Waals surface area (Å²) in [5.41, 5.74) is 5.96.